The van der Waals surface area contributed by atoms with E-state index in [0.29, 0.717) is 6.61 Å². The van der Waals surface area contributed by atoms with Gasteiger partial charge in [0.2, 0.25) is 6.33 Å². The fraction of sp³-hybridized carbons (Fsp3) is 0.538. The van der Waals surface area contributed by atoms with E-state index in [1.165, 1.54) is 6.08 Å². The summed E-state index contributed by atoms with van der Waals surface area (Å²) < 4.78 is 48.1. The molecule has 0 bridgehead atoms. The lowest BCUT2D eigenvalue weighted by Crippen LogP contribution is -2.30. The van der Waals surface area contributed by atoms with E-state index in [1.807, 2.05) is 17.8 Å². The predicted octanol–water partition coefficient (Wildman–Crippen LogP) is 2.90. The van der Waals surface area contributed by atoms with Crippen molar-refractivity contribution in [2.24, 2.45) is 7.05 Å². The van der Waals surface area contributed by atoms with Crippen molar-refractivity contribution in [1.82, 2.24) is 4.57 Å². The molecule has 0 aliphatic heterocycles. The smallest absolute Gasteiger partial charge is 0.463 e. The Bertz CT molecular complexity index is 443. The maximum absolute atomic E-state index is 10.7. The van der Waals surface area contributed by atoms with Gasteiger partial charge in [-0.3, -0.25) is 0 Å². The molecule has 0 unspecified atom stereocenters. The van der Waals surface area contributed by atoms with Gasteiger partial charge in [0.05, 0.1) is 20.2 Å². The van der Waals surface area contributed by atoms with Crippen molar-refractivity contribution >= 4 is 13.2 Å². The number of halogens is 4. The zero-order valence-corrected chi connectivity index (χ0v) is 12.6. The molecule has 1 aromatic rings. The summed E-state index contributed by atoms with van der Waals surface area (Å²) in [6, 6.07) is 0. The third-order valence-corrected chi connectivity index (χ3v) is 2.55. The van der Waals surface area contributed by atoms with Crippen molar-refractivity contribution in [3.8, 4) is 0 Å². The van der Waals surface area contributed by atoms with E-state index in [-0.39, 0.29) is 5.97 Å². The molecule has 4 nitrogen and oxygen atoms in total. The number of aromatic nitrogens is 2. The molecule has 0 saturated heterocycles. The number of unbranched alkanes of at least 4 members (excludes halogenated alkanes) is 3. The van der Waals surface area contributed by atoms with E-state index in [1.54, 1.807) is 0 Å². The minimum Gasteiger partial charge on any atom is -0.463 e. The minimum atomic E-state index is -6.00. The fourth-order valence-corrected chi connectivity index (χ4v) is 1.62. The first-order valence-corrected chi connectivity index (χ1v) is 6.90. The summed E-state index contributed by atoms with van der Waals surface area (Å²) in [5, 5.41) is 0. The second-order valence-electron chi connectivity index (χ2n) is 4.60. The largest absolute Gasteiger partial charge is 0.673 e. The van der Waals surface area contributed by atoms with Crippen LogP contribution in [0.15, 0.2) is 31.4 Å². The average molecular weight is 324 g/mol. The van der Waals surface area contributed by atoms with Crippen molar-refractivity contribution < 1.29 is 31.4 Å². The predicted molar refractivity (Wildman–Crippen MR) is 75.4 cm³/mol. The number of hydrogen-bond acceptors (Lipinski definition) is 2. The summed E-state index contributed by atoms with van der Waals surface area (Å²) in [4.78, 5) is 10.7. The van der Waals surface area contributed by atoms with Crippen LogP contribution in [0, 0.1) is 0 Å². The molecule has 0 aromatic carbocycles. The summed E-state index contributed by atoms with van der Waals surface area (Å²) in [6.07, 6.45) is 11.7. The Labute approximate surface area is 127 Å². The van der Waals surface area contributed by atoms with Gasteiger partial charge in [0.15, 0.2) is 0 Å². The van der Waals surface area contributed by atoms with E-state index >= 15 is 0 Å². The highest BCUT2D eigenvalue weighted by molar-refractivity contribution is 6.50. The summed E-state index contributed by atoms with van der Waals surface area (Å²) in [5.74, 6) is -0.329. The number of ether oxygens (including phenoxy) is 1. The van der Waals surface area contributed by atoms with E-state index in [0.717, 1.165) is 32.2 Å². The van der Waals surface area contributed by atoms with Gasteiger partial charge < -0.3 is 22.0 Å². The van der Waals surface area contributed by atoms with Gasteiger partial charge in [-0.05, 0) is 25.7 Å². The molecule has 0 aliphatic carbocycles. The maximum Gasteiger partial charge on any atom is 0.673 e. The van der Waals surface area contributed by atoms with Gasteiger partial charge in [-0.1, -0.05) is 6.58 Å². The number of aryl methyl sites for hydroxylation is 2. The molecule has 126 valence electrons. The van der Waals surface area contributed by atoms with Crippen LogP contribution in [-0.2, 0) is 23.1 Å². The highest BCUT2D eigenvalue weighted by Crippen LogP contribution is 2.06. The number of nitrogens with zero attached hydrogens (tertiary/aromatic N) is 2. The molecular weight excluding hydrogens is 303 g/mol. The van der Waals surface area contributed by atoms with Crippen molar-refractivity contribution in [3.63, 3.8) is 0 Å². The normalized spacial score (nSPS) is 10.6. The molecule has 0 fully saturated rings. The zero-order chi connectivity index (χ0) is 17.0. The number of rotatable bonds is 8. The average Bonchev–Trinajstić information content (AvgIpc) is 2.81. The van der Waals surface area contributed by atoms with Crippen molar-refractivity contribution in [1.29, 1.82) is 0 Å². The van der Waals surface area contributed by atoms with Gasteiger partial charge in [0.25, 0.3) is 0 Å². The molecule has 0 aliphatic rings. The zero-order valence-electron chi connectivity index (χ0n) is 12.6. The molecule has 0 amide bonds. The minimum absolute atomic E-state index is 0.329. The molecule has 1 heterocycles. The number of esters is 1. The maximum atomic E-state index is 10.7. The first-order valence-electron chi connectivity index (χ1n) is 6.90. The van der Waals surface area contributed by atoms with Crippen LogP contribution in [0.4, 0.5) is 17.3 Å². The first kappa shape index (κ1) is 20.2. The van der Waals surface area contributed by atoms with Gasteiger partial charge in [-0.15, -0.1) is 0 Å². The lowest BCUT2D eigenvalue weighted by molar-refractivity contribution is -0.696. The molecule has 0 spiro atoms. The summed E-state index contributed by atoms with van der Waals surface area (Å²) in [7, 11) is -3.98. The molecule has 0 radical (unpaired) electrons. The Balaban J connectivity index is 0.000000763. The Morgan fingerprint density at radius 1 is 1.27 bits per heavy atom. The monoisotopic (exact) mass is 324 g/mol. The third kappa shape index (κ3) is 14.6. The van der Waals surface area contributed by atoms with Crippen LogP contribution in [0.2, 0.25) is 0 Å². The van der Waals surface area contributed by atoms with Crippen LogP contribution < -0.4 is 4.57 Å². The van der Waals surface area contributed by atoms with Gasteiger partial charge in [0, 0.05) is 6.08 Å². The SMILES string of the molecule is C=CC(=O)OCCCCCC[n+]1ccn(C)c1.F[B-](F)(F)F. The topological polar surface area (TPSA) is 35.1 Å². The number of imidazole rings is 1. The van der Waals surface area contributed by atoms with E-state index in [2.05, 4.69) is 23.7 Å². The van der Waals surface area contributed by atoms with Crippen LogP contribution in [0.3, 0.4) is 0 Å². The first-order chi connectivity index (χ1) is 10.2. The Hall–Kier alpha value is -1.80. The number of carbonyl (C=O) groups is 1. The highest BCUT2D eigenvalue weighted by Gasteiger charge is 2.20. The molecular formula is C13H21BF4N2O2. The van der Waals surface area contributed by atoms with E-state index in [4.69, 9.17) is 4.74 Å². The Kier molecular flexibility index (Phi) is 9.98. The summed E-state index contributed by atoms with van der Waals surface area (Å²) in [5.41, 5.74) is 0. The van der Waals surface area contributed by atoms with Crippen molar-refractivity contribution in [3.05, 3.63) is 31.4 Å². The summed E-state index contributed by atoms with van der Waals surface area (Å²) >= 11 is 0. The van der Waals surface area contributed by atoms with Crippen LogP contribution in [-0.4, -0.2) is 24.4 Å². The van der Waals surface area contributed by atoms with Crippen molar-refractivity contribution in [2.45, 2.75) is 32.2 Å². The summed E-state index contributed by atoms with van der Waals surface area (Å²) in [6.45, 7) is 4.90. The van der Waals surface area contributed by atoms with Gasteiger partial charge in [-0.2, -0.15) is 0 Å². The molecule has 9 heteroatoms. The standard InChI is InChI=1S/C13H21N2O2.BF4/c1-3-13(16)17-11-7-5-4-6-8-15-10-9-14(2)12-15;2-1(3,4)5/h3,9-10,12H,1,4-8,11H2,2H3;/q+1;-1. The molecule has 22 heavy (non-hydrogen) atoms. The van der Waals surface area contributed by atoms with Gasteiger partial charge >= 0.3 is 13.2 Å². The van der Waals surface area contributed by atoms with Crippen LogP contribution in [0.25, 0.3) is 0 Å². The molecule has 1 aromatic heterocycles. The molecule has 0 saturated carbocycles. The Morgan fingerprint density at radius 2 is 1.86 bits per heavy atom. The van der Waals surface area contributed by atoms with Crippen molar-refractivity contribution in [2.75, 3.05) is 6.61 Å². The van der Waals surface area contributed by atoms with Gasteiger partial charge in [0.1, 0.15) is 12.4 Å². The van der Waals surface area contributed by atoms with E-state index in [9.17, 15) is 22.1 Å². The molecule has 0 N–H and O–H groups in total. The number of carbonyl (C=O) groups excluding carboxylic acids is 1. The Morgan fingerprint density at radius 3 is 2.36 bits per heavy atom. The quantitative estimate of drug-likeness (QED) is 0.184. The van der Waals surface area contributed by atoms with E-state index < -0.39 is 7.25 Å². The molecule has 0 atom stereocenters. The van der Waals surface area contributed by atoms with Crippen LogP contribution in [0.5, 0.6) is 0 Å². The number of hydrogen-bond donors (Lipinski definition) is 0. The second-order valence-corrected chi connectivity index (χ2v) is 4.60. The van der Waals surface area contributed by atoms with Crippen LogP contribution in [0.1, 0.15) is 25.7 Å². The second kappa shape index (κ2) is 10.9. The molecule has 1 rings (SSSR count). The lowest BCUT2D eigenvalue weighted by atomic mass is 10.2. The lowest BCUT2D eigenvalue weighted by Gasteiger charge is -2.01. The third-order valence-electron chi connectivity index (χ3n) is 2.55. The fourth-order valence-electron chi connectivity index (χ4n) is 1.62. The van der Waals surface area contributed by atoms with Crippen LogP contribution >= 0.6 is 0 Å². The van der Waals surface area contributed by atoms with Gasteiger partial charge in [-0.25, -0.2) is 13.9 Å². The highest BCUT2D eigenvalue weighted by atomic mass is 19.5.